The maximum absolute atomic E-state index is 13.4. The molecule has 0 saturated heterocycles. The molecule has 0 bridgehead atoms. The predicted octanol–water partition coefficient (Wildman–Crippen LogP) is 4.23. The maximum Gasteiger partial charge on any atom is 0.438 e. The van der Waals surface area contributed by atoms with Gasteiger partial charge in [0.05, 0.1) is 0 Å². The van der Waals surface area contributed by atoms with E-state index in [1.165, 1.54) is 24.3 Å². The molecule has 2 rings (SSSR count). The molecule has 0 unspecified atom stereocenters. The second kappa shape index (κ2) is 6.72. The Bertz CT molecular complexity index is 661. The van der Waals surface area contributed by atoms with Gasteiger partial charge in [0.1, 0.15) is 0 Å². The molecule has 0 aromatic heterocycles. The maximum atomic E-state index is 13.4. The van der Waals surface area contributed by atoms with Gasteiger partial charge >= 0.3 is 6.18 Å². The second-order valence-corrected chi connectivity index (χ2v) is 6.65. The van der Waals surface area contributed by atoms with Gasteiger partial charge in [-0.25, -0.2) is 0 Å². The Kier molecular flexibility index (Phi) is 5.25. The number of nitrogens with zero attached hydrogens (tertiary/aromatic N) is 2. The van der Waals surface area contributed by atoms with Crippen LogP contribution in [0.25, 0.3) is 0 Å². The summed E-state index contributed by atoms with van der Waals surface area (Å²) in [6, 6.07) is 5.51. The van der Waals surface area contributed by atoms with Crippen molar-refractivity contribution in [2.45, 2.75) is 45.0 Å². The number of halogens is 4. The Morgan fingerprint density at radius 2 is 2.12 bits per heavy atom. The van der Waals surface area contributed by atoms with Crippen LogP contribution in [0.3, 0.4) is 0 Å². The first-order chi connectivity index (χ1) is 11.0. The van der Waals surface area contributed by atoms with Crippen molar-refractivity contribution < 1.29 is 23.1 Å². The number of hydrogen-bond donors (Lipinski definition) is 1. The smallest absolute Gasteiger partial charge is 0.362 e. The van der Waals surface area contributed by atoms with Gasteiger partial charge in [-0.1, -0.05) is 31.5 Å². The molecule has 8 heteroatoms. The zero-order chi connectivity index (χ0) is 18.1. The summed E-state index contributed by atoms with van der Waals surface area (Å²) in [6.45, 7) is 3.86. The number of alkyl halides is 3. The number of carbonyl (C=O) groups is 1. The highest BCUT2D eigenvalue weighted by molar-refractivity contribution is 6.31. The Hall–Kier alpha value is -1.60. The number of hydrazone groups is 1. The van der Waals surface area contributed by atoms with Crippen molar-refractivity contribution in [3.63, 3.8) is 0 Å². The van der Waals surface area contributed by atoms with Crippen molar-refractivity contribution in [3.05, 3.63) is 34.9 Å². The van der Waals surface area contributed by atoms with Gasteiger partial charge < -0.3 is 5.11 Å². The molecule has 1 aromatic carbocycles. The molecule has 1 aliphatic rings. The average Bonchev–Trinajstić information content (AvgIpc) is 2.82. The molecule has 1 aliphatic heterocycles. The van der Waals surface area contributed by atoms with Crippen molar-refractivity contribution in [2.75, 3.05) is 0 Å². The molecule has 0 fully saturated rings. The third-order valence-corrected chi connectivity index (χ3v) is 4.01. The number of amides is 1. The number of carbonyl (C=O) groups excluding carboxylic acids is 1. The Balaban J connectivity index is 2.35. The lowest BCUT2D eigenvalue weighted by Crippen LogP contribution is -2.56. The highest BCUT2D eigenvalue weighted by Gasteiger charge is 2.63. The molecule has 0 spiro atoms. The molecule has 0 aliphatic carbocycles. The lowest BCUT2D eigenvalue weighted by atomic mass is 9.99. The molecular weight excluding hydrogens is 345 g/mol. The van der Waals surface area contributed by atoms with Gasteiger partial charge in [0, 0.05) is 22.7 Å². The van der Waals surface area contributed by atoms with E-state index in [0.717, 1.165) is 0 Å². The molecule has 1 N–H and O–H groups in total. The van der Waals surface area contributed by atoms with Crippen molar-refractivity contribution in [1.29, 1.82) is 0 Å². The fourth-order valence-corrected chi connectivity index (χ4v) is 2.58. The molecule has 1 amide bonds. The Morgan fingerprint density at radius 1 is 1.46 bits per heavy atom. The molecule has 1 heterocycles. The summed E-state index contributed by atoms with van der Waals surface area (Å²) in [4.78, 5) is 12.4. The van der Waals surface area contributed by atoms with Crippen molar-refractivity contribution in [2.24, 2.45) is 11.0 Å². The first-order valence-corrected chi connectivity index (χ1v) is 7.88. The Morgan fingerprint density at radius 3 is 2.67 bits per heavy atom. The summed E-state index contributed by atoms with van der Waals surface area (Å²) < 4.78 is 40.1. The lowest BCUT2D eigenvalue weighted by Gasteiger charge is -2.32. The fourth-order valence-electron chi connectivity index (χ4n) is 2.39. The monoisotopic (exact) mass is 362 g/mol. The van der Waals surface area contributed by atoms with Gasteiger partial charge in [-0.2, -0.15) is 23.3 Å². The Labute approximate surface area is 142 Å². The van der Waals surface area contributed by atoms with Crippen LogP contribution in [-0.2, 0) is 0 Å². The van der Waals surface area contributed by atoms with Crippen LogP contribution in [0.15, 0.2) is 29.4 Å². The van der Waals surface area contributed by atoms with E-state index in [1.54, 1.807) is 0 Å². The normalized spacial score (nSPS) is 21.3. The summed E-state index contributed by atoms with van der Waals surface area (Å²) in [5, 5.41) is 14.3. The first kappa shape index (κ1) is 18.7. The van der Waals surface area contributed by atoms with Gasteiger partial charge in [-0.3, -0.25) is 4.79 Å². The highest BCUT2D eigenvalue weighted by atomic mass is 35.5. The van der Waals surface area contributed by atoms with E-state index in [4.69, 9.17) is 11.6 Å². The summed E-state index contributed by atoms with van der Waals surface area (Å²) in [7, 11) is 0. The van der Waals surface area contributed by atoms with E-state index >= 15 is 0 Å². The number of rotatable bonds is 4. The zero-order valence-electron chi connectivity index (χ0n) is 13.3. The molecule has 0 radical (unpaired) electrons. The van der Waals surface area contributed by atoms with Crippen molar-refractivity contribution in [3.8, 4) is 0 Å². The minimum absolute atomic E-state index is 0.0703. The zero-order valence-corrected chi connectivity index (χ0v) is 14.0. The van der Waals surface area contributed by atoms with Gasteiger partial charge in [0.2, 0.25) is 0 Å². The molecule has 0 saturated carbocycles. The van der Waals surface area contributed by atoms with Crippen LogP contribution in [-0.4, -0.2) is 33.6 Å². The van der Waals surface area contributed by atoms with E-state index in [-0.39, 0.29) is 33.6 Å². The lowest BCUT2D eigenvalue weighted by molar-refractivity contribution is -0.297. The summed E-state index contributed by atoms with van der Waals surface area (Å²) >= 11 is 5.78. The van der Waals surface area contributed by atoms with Crippen LogP contribution in [0.5, 0.6) is 0 Å². The van der Waals surface area contributed by atoms with Crippen LogP contribution in [0.4, 0.5) is 13.2 Å². The van der Waals surface area contributed by atoms with Gasteiger partial charge in [-0.15, -0.1) is 0 Å². The SMILES string of the molecule is CC(C)CCC1=NN(C(=O)c2cccc(Cl)c2)[C@@](O)(C(F)(F)F)C1. The number of aliphatic hydroxyl groups is 1. The third kappa shape index (κ3) is 3.72. The molecule has 132 valence electrons. The van der Waals surface area contributed by atoms with Crippen LogP contribution in [0.1, 0.15) is 43.5 Å². The van der Waals surface area contributed by atoms with Gasteiger partial charge in [0.25, 0.3) is 11.6 Å². The minimum atomic E-state index is -5.02. The third-order valence-electron chi connectivity index (χ3n) is 3.77. The molecular formula is C16H18ClF3N2O2. The van der Waals surface area contributed by atoms with Gasteiger partial charge in [0.15, 0.2) is 0 Å². The van der Waals surface area contributed by atoms with Crippen molar-refractivity contribution >= 4 is 23.2 Å². The van der Waals surface area contributed by atoms with Crippen molar-refractivity contribution in [1.82, 2.24) is 5.01 Å². The van der Waals surface area contributed by atoms with E-state index in [2.05, 4.69) is 5.10 Å². The van der Waals surface area contributed by atoms with E-state index in [9.17, 15) is 23.1 Å². The highest BCUT2D eigenvalue weighted by Crippen LogP contribution is 2.41. The average molecular weight is 363 g/mol. The summed E-state index contributed by atoms with van der Waals surface area (Å²) in [5.74, 6) is -0.777. The summed E-state index contributed by atoms with van der Waals surface area (Å²) in [5.41, 5.74) is -3.25. The second-order valence-electron chi connectivity index (χ2n) is 6.22. The largest absolute Gasteiger partial charge is 0.438 e. The number of hydrogen-bond acceptors (Lipinski definition) is 3. The van der Waals surface area contributed by atoms with E-state index in [1.807, 2.05) is 13.8 Å². The predicted molar refractivity (Wildman–Crippen MR) is 84.8 cm³/mol. The first-order valence-electron chi connectivity index (χ1n) is 7.50. The molecule has 1 atom stereocenters. The standard InChI is InChI=1S/C16H18ClF3N2O2/c1-10(2)6-7-13-9-15(24,16(18,19)20)22(21-13)14(23)11-4-3-5-12(17)8-11/h3-5,8,10,24H,6-7,9H2,1-2H3/t15-/m0/s1. The topological polar surface area (TPSA) is 52.9 Å². The quantitative estimate of drug-likeness (QED) is 0.871. The summed E-state index contributed by atoms with van der Waals surface area (Å²) in [6.07, 6.45) is -4.86. The van der Waals surface area contributed by atoms with Crippen LogP contribution < -0.4 is 0 Å². The van der Waals surface area contributed by atoms with E-state index in [0.29, 0.717) is 6.42 Å². The fraction of sp³-hybridized carbons (Fsp3) is 0.500. The van der Waals surface area contributed by atoms with E-state index < -0.39 is 24.2 Å². The molecule has 4 nitrogen and oxygen atoms in total. The molecule has 24 heavy (non-hydrogen) atoms. The van der Waals surface area contributed by atoms with Crippen LogP contribution in [0, 0.1) is 5.92 Å². The number of benzene rings is 1. The molecule has 1 aromatic rings. The minimum Gasteiger partial charge on any atom is -0.362 e. The van der Waals surface area contributed by atoms with Crippen LogP contribution in [0.2, 0.25) is 5.02 Å². The van der Waals surface area contributed by atoms with Gasteiger partial charge in [-0.05, 0) is 37.0 Å². The van der Waals surface area contributed by atoms with Crippen LogP contribution >= 0.6 is 11.6 Å².